The van der Waals surface area contributed by atoms with Crippen molar-refractivity contribution in [2.24, 2.45) is 5.92 Å². The van der Waals surface area contributed by atoms with E-state index < -0.39 is 0 Å². The second-order valence-electron chi connectivity index (χ2n) is 7.26. The third-order valence-electron chi connectivity index (χ3n) is 5.37. The number of morpholine rings is 1. The third-order valence-corrected chi connectivity index (χ3v) is 5.37. The molecule has 1 aromatic carbocycles. The van der Waals surface area contributed by atoms with Crippen LogP contribution in [0.4, 0.5) is 0 Å². The van der Waals surface area contributed by atoms with E-state index in [1.165, 1.54) is 12.0 Å². The Morgan fingerprint density at radius 1 is 1.36 bits per heavy atom. The zero-order valence-corrected chi connectivity index (χ0v) is 15.5. The molecular weight excluding hydrogens is 314 g/mol. The number of nitrogens with zero attached hydrogens (tertiary/aromatic N) is 2. The fourth-order valence-corrected chi connectivity index (χ4v) is 3.94. The summed E-state index contributed by atoms with van der Waals surface area (Å²) in [4.78, 5) is 17.4. The quantitative estimate of drug-likeness (QED) is 0.853. The summed E-state index contributed by atoms with van der Waals surface area (Å²) in [7, 11) is 0. The highest BCUT2D eigenvalue weighted by molar-refractivity contribution is 5.82. The Labute approximate surface area is 151 Å². The molecule has 1 aromatic rings. The van der Waals surface area contributed by atoms with Gasteiger partial charge < -0.3 is 15.0 Å². The van der Waals surface area contributed by atoms with Crippen molar-refractivity contribution in [1.82, 2.24) is 15.1 Å². The van der Waals surface area contributed by atoms with Crippen LogP contribution in [0.1, 0.15) is 25.8 Å². The number of hydrogen-bond acceptors (Lipinski definition) is 4. The maximum absolute atomic E-state index is 12.9. The summed E-state index contributed by atoms with van der Waals surface area (Å²) in [6.45, 7) is 10.3. The molecule has 0 spiro atoms. The summed E-state index contributed by atoms with van der Waals surface area (Å²) in [5, 5.41) is 3.32. The average molecular weight is 345 g/mol. The molecular formula is C20H31N3O2. The van der Waals surface area contributed by atoms with Gasteiger partial charge in [-0.25, -0.2) is 0 Å². The van der Waals surface area contributed by atoms with E-state index in [9.17, 15) is 4.79 Å². The number of nitrogens with one attached hydrogen (secondary N) is 1. The molecule has 2 fully saturated rings. The van der Waals surface area contributed by atoms with E-state index in [1.54, 1.807) is 0 Å². The number of benzene rings is 1. The van der Waals surface area contributed by atoms with E-state index in [-0.39, 0.29) is 18.1 Å². The molecule has 2 aliphatic rings. The van der Waals surface area contributed by atoms with Crippen molar-refractivity contribution in [3.63, 3.8) is 0 Å². The van der Waals surface area contributed by atoms with E-state index in [0.29, 0.717) is 12.5 Å². The van der Waals surface area contributed by atoms with Gasteiger partial charge in [-0.1, -0.05) is 30.3 Å². The molecule has 0 saturated carbocycles. The molecule has 0 radical (unpaired) electrons. The van der Waals surface area contributed by atoms with Crippen molar-refractivity contribution in [2.45, 2.75) is 39.0 Å². The standard InChI is InChI=1S/C20H31N3O2/c1-3-23(20(24)19-16(2)25-12-10-21-19)15-18-9-11-22(14-18)13-17-7-5-4-6-8-17/h4-8,16,18-19,21H,3,9-15H2,1-2H3/t16-,18?,19+/m1/s1. The maximum atomic E-state index is 12.9. The van der Waals surface area contributed by atoms with Gasteiger partial charge in [-0.2, -0.15) is 0 Å². The summed E-state index contributed by atoms with van der Waals surface area (Å²) < 4.78 is 5.64. The first-order valence-electron chi connectivity index (χ1n) is 9.57. The molecule has 0 aromatic heterocycles. The van der Waals surface area contributed by atoms with Gasteiger partial charge in [0.1, 0.15) is 6.04 Å². The minimum Gasteiger partial charge on any atom is -0.375 e. The van der Waals surface area contributed by atoms with Gasteiger partial charge >= 0.3 is 0 Å². The van der Waals surface area contributed by atoms with Crippen LogP contribution < -0.4 is 5.32 Å². The second kappa shape index (κ2) is 8.79. The monoisotopic (exact) mass is 345 g/mol. The van der Waals surface area contributed by atoms with Crippen molar-refractivity contribution >= 4 is 5.91 Å². The molecule has 0 bridgehead atoms. The smallest absolute Gasteiger partial charge is 0.242 e. The summed E-state index contributed by atoms with van der Waals surface area (Å²) in [6, 6.07) is 10.4. The Bertz CT molecular complexity index is 551. The normalized spacial score (nSPS) is 27.4. The number of ether oxygens (including phenoxy) is 1. The van der Waals surface area contributed by atoms with Gasteiger partial charge in [-0.15, -0.1) is 0 Å². The first kappa shape index (κ1) is 18.4. The molecule has 1 unspecified atom stereocenters. The van der Waals surface area contributed by atoms with E-state index in [2.05, 4.69) is 47.5 Å². The molecule has 3 rings (SSSR count). The van der Waals surface area contributed by atoms with Crippen LogP contribution in [0.2, 0.25) is 0 Å². The number of amides is 1. The lowest BCUT2D eigenvalue weighted by atomic mass is 10.1. The fourth-order valence-electron chi connectivity index (χ4n) is 3.94. The summed E-state index contributed by atoms with van der Waals surface area (Å²) in [5.41, 5.74) is 1.36. The first-order chi connectivity index (χ1) is 12.2. The van der Waals surface area contributed by atoms with Crippen molar-refractivity contribution in [3.8, 4) is 0 Å². The van der Waals surface area contributed by atoms with Crippen LogP contribution in [0.25, 0.3) is 0 Å². The summed E-state index contributed by atoms with van der Waals surface area (Å²) in [6.07, 6.45) is 1.12. The molecule has 2 aliphatic heterocycles. The first-order valence-corrected chi connectivity index (χ1v) is 9.57. The van der Waals surface area contributed by atoms with Gasteiger partial charge in [-0.05, 0) is 38.3 Å². The van der Waals surface area contributed by atoms with E-state index in [0.717, 1.165) is 39.3 Å². The largest absolute Gasteiger partial charge is 0.375 e. The molecule has 25 heavy (non-hydrogen) atoms. The zero-order valence-electron chi connectivity index (χ0n) is 15.5. The Kier molecular flexibility index (Phi) is 6.45. The highest BCUT2D eigenvalue weighted by Crippen LogP contribution is 2.20. The van der Waals surface area contributed by atoms with Crippen LogP contribution >= 0.6 is 0 Å². The topological polar surface area (TPSA) is 44.8 Å². The number of carbonyl (C=O) groups excluding carboxylic acids is 1. The minimum atomic E-state index is -0.199. The van der Waals surface area contributed by atoms with Crippen molar-refractivity contribution < 1.29 is 9.53 Å². The molecule has 1 amide bonds. The molecule has 1 N–H and O–H groups in total. The van der Waals surface area contributed by atoms with Gasteiger partial charge in [0.2, 0.25) is 5.91 Å². The van der Waals surface area contributed by atoms with Gasteiger partial charge in [0.25, 0.3) is 0 Å². The lowest BCUT2D eigenvalue weighted by Gasteiger charge is -2.34. The SMILES string of the molecule is CCN(CC1CCN(Cc2ccccc2)C1)C(=O)[C@H]1NCCO[C@@H]1C. The molecule has 3 atom stereocenters. The molecule has 5 nitrogen and oxygen atoms in total. The maximum Gasteiger partial charge on any atom is 0.242 e. The molecule has 138 valence electrons. The summed E-state index contributed by atoms with van der Waals surface area (Å²) >= 11 is 0. The molecule has 5 heteroatoms. The number of hydrogen-bond donors (Lipinski definition) is 1. The Morgan fingerprint density at radius 2 is 2.16 bits per heavy atom. The number of rotatable bonds is 6. The predicted molar refractivity (Wildman–Crippen MR) is 99.3 cm³/mol. The van der Waals surface area contributed by atoms with Crippen LogP contribution in [-0.2, 0) is 16.1 Å². The van der Waals surface area contributed by atoms with E-state index >= 15 is 0 Å². The molecule has 0 aliphatic carbocycles. The van der Waals surface area contributed by atoms with Crippen LogP contribution in [0.15, 0.2) is 30.3 Å². The predicted octanol–water partition coefficient (Wildman–Crippen LogP) is 1.73. The Hall–Kier alpha value is -1.43. The average Bonchev–Trinajstić information content (AvgIpc) is 3.07. The summed E-state index contributed by atoms with van der Waals surface area (Å²) in [5.74, 6) is 0.753. The van der Waals surface area contributed by atoms with Crippen LogP contribution in [0.3, 0.4) is 0 Å². The van der Waals surface area contributed by atoms with Crippen LogP contribution in [0, 0.1) is 5.92 Å². The van der Waals surface area contributed by atoms with Gasteiger partial charge in [-0.3, -0.25) is 9.69 Å². The van der Waals surface area contributed by atoms with E-state index in [4.69, 9.17) is 4.74 Å². The molecule has 2 heterocycles. The van der Waals surface area contributed by atoms with E-state index in [1.807, 2.05) is 11.8 Å². The third kappa shape index (κ3) is 4.81. The Morgan fingerprint density at radius 3 is 2.88 bits per heavy atom. The van der Waals surface area contributed by atoms with Crippen LogP contribution in [0.5, 0.6) is 0 Å². The highest BCUT2D eigenvalue weighted by Gasteiger charge is 2.33. The second-order valence-corrected chi connectivity index (χ2v) is 7.26. The van der Waals surface area contributed by atoms with Crippen molar-refractivity contribution in [3.05, 3.63) is 35.9 Å². The highest BCUT2D eigenvalue weighted by atomic mass is 16.5. The number of carbonyl (C=O) groups is 1. The fraction of sp³-hybridized carbons (Fsp3) is 0.650. The van der Waals surface area contributed by atoms with Crippen LogP contribution in [-0.4, -0.2) is 67.2 Å². The van der Waals surface area contributed by atoms with Crippen molar-refractivity contribution in [1.29, 1.82) is 0 Å². The number of likely N-dealkylation sites (N-methyl/N-ethyl adjacent to an activating group) is 1. The molecule has 2 saturated heterocycles. The minimum absolute atomic E-state index is 0.0477. The zero-order chi connectivity index (χ0) is 17.6. The van der Waals surface area contributed by atoms with Gasteiger partial charge in [0.15, 0.2) is 0 Å². The Balaban J connectivity index is 1.51. The lowest BCUT2D eigenvalue weighted by molar-refractivity contribution is -0.139. The van der Waals surface area contributed by atoms with Gasteiger partial charge in [0.05, 0.1) is 12.7 Å². The number of likely N-dealkylation sites (tertiary alicyclic amines) is 1. The van der Waals surface area contributed by atoms with Gasteiger partial charge in [0, 0.05) is 32.7 Å². The lowest BCUT2D eigenvalue weighted by Crippen LogP contribution is -2.57. The van der Waals surface area contributed by atoms with Crippen molar-refractivity contribution in [2.75, 3.05) is 39.3 Å².